The van der Waals surface area contributed by atoms with Crippen LogP contribution in [0.25, 0.3) is 0 Å². The minimum atomic E-state index is -0.152. The molecule has 0 aromatic heterocycles. The average molecular weight is 305 g/mol. The first-order valence-electron chi connectivity index (χ1n) is 4.90. The summed E-state index contributed by atoms with van der Waals surface area (Å²) in [4.78, 5) is 0. The van der Waals surface area contributed by atoms with Crippen molar-refractivity contribution in [2.24, 2.45) is 5.92 Å². The zero-order valence-corrected chi connectivity index (χ0v) is 10.1. The highest BCUT2D eigenvalue weighted by Gasteiger charge is 2.20. The Balaban J connectivity index is 1.87. The minimum Gasteiger partial charge on any atom is -0.312 e. The van der Waals surface area contributed by atoms with E-state index in [0.717, 1.165) is 22.6 Å². The van der Waals surface area contributed by atoms with Crippen LogP contribution in [-0.2, 0) is 6.54 Å². The maximum absolute atomic E-state index is 12.8. The molecule has 1 nitrogen and oxygen atoms in total. The van der Waals surface area contributed by atoms with Crippen LogP contribution in [0.15, 0.2) is 18.2 Å². The summed E-state index contributed by atoms with van der Waals surface area (Å²) >= 11 is 2.18. The Morgan fingerprint density at radius 1 is 1.43 bits per heavy atom. The van der Waals surface area contributed by atoms with E-state index in [1.54, 1.807) is 6.07 Å². The van der Waals surface area contributed by atoms with Gasteiger partial charge in [0.05, 0.1) is 0 Å². The molecule has 0 bridgehead atoms. The van der Waals surface area contributed by atoms with E-state index in [2.05, 4.69) is 27.9 Å². The molecule has 0 radical (unpaired) electrons. The van der Waals surface area contributed by atoms with E-state index >= 15 is 0 Å². The molecular formula is C11H13FIN. The molecule has 1 aliphatic carbocycles. The standard InChI is InChI=1S/C11H13FIN/c12-10-4-3-9(11(13)5-10)7-14-6-8-1-2-8/h3-5,8,14H,1-2,6-7H2. The maximum atomic E-state index is 12.8. The van der Waals surface area contributed by atoms with E-state index in [9.17, 15) is 4.39 Å². The first kappa shape index (κ1) is 10.4. The molecule has 1 saturated carbocycles. The van der Waals surface area contributed by atoms with Crippen LogP contribution in [0.3, 0.4) is 0 Å². The molecule has 2 rings (SSSR count). The fourth-order valence-corrected chi connectivity index (χ4v) is 2.07. The number of hydrogen-bond donors (Lipinski definition) is 1. The summed E-state index contributed by atoms with van der Waals surface area (Å²) in [7, 11) is 0. The van der Waals surface area contributed by atoms with E-state index in [1.165, 1.54) is 24.5 Å². The summed E-state index contributed by atoms with van der Waals surface area (Å²) in [6.45, 7) is 1.96. The fraction of sp³-hybridized carbons (Fsp3) is 0.455. The second-order valence-electron chi connectivity index (χ2n) is 3.81. The quantitative estimate of drug-likeness (QED) is 0.844. The van der Waals surface area contributed by atoms with Crippen molar-refractivity contribution in [3.05, 3.63) is 33.1 Å². The maximum Gasteiger partial charge on any atom is 0.124 e. The summed E-state index contributed by atoms with van der Waals surface area (Å²) in [5, 5.41) is 3.40. The Morgan fingerprint density at radius 2 is 2.21 bits per heavy atom. The van der Waals surface area contributed by atoms with Crippen molar-refractivity contribution >= 4 is 22.6 Å². The van der Waals surface area contributed by atoms with Gasteiger partial charge in [0.2, 0.25) is 0 Å². The molecule has 0 aliphatic heterocycles. The molecule has 1 aromatic rings. The lowest BCUT2D eigenvalue weighted by Gasteiger charge is -2.06. The molecule has 0 unspecified atom stereocenters. The van der Waals surface area contributed by atoms with Crippen LogP contribution < -0.4 is 5.32 Å². The SMILES string of the molecule is Fc1ccc(CNCC2CC2)c(I)c1. The average Bonchev–Trinajstić information content (AvgIpc) is 2.92. The lowest BCUT2D eigenvalue weighted by Crippen LogP contribution is -2.16. The van der Waals surface area contributed by atoms with Gasteiger partial charge in [0.15, 0.2) is 0 Å². The lowest BCUT2D eigenvalue weighted by molar-refractivity contribution is 0.618. The third-order valence-corrected chi connectivity index (χ3v) is 3.46. The van der Waals surface area contributed by atoms with E-state index in [0.29, 0.717) is 0 Å². The highest BCUT2D eigenvalue weighted by Crippen LogP contribution is 2.27. The zero-order chi connectivity index (χ0) is 9.97. The number of hydrogen-bond acceptors (Lipinski definition) is 1. The Bertz CT molecular complexity index is 323. The molecule has 1 fully saturated rings. The zero-order valence-electron chi connectivity index (χ0n) is 7.89. The molecule has 14 heavy (non-hydrogen) atoms. The summed E-state index contributed by atoms with van der Waals surface area (Å²) < 4.78 is 13.8. The molecule has 0 atom stereocenters. The largest absolute Gasteiger partial charge is 0.312 e. The van der Waals surface area contributed by atoms with Gasteiger partial charge >= 0.3 is 0 Å². The third kappa shape index (κ3) is 2.92. The predicted molar refractivity (Wildman–Crippen MR) is 63.5 cm³/mol. The van der Waals surface area contributed by atoms with Crippen molar-refractivity contribution < 1.29 is 4.39 Å². The molecule has 0 spiro atoms. The predicted octanol–water partition coefficient (Wildman–Crippen LogP) is 2.93. The van der Waals surface area contributed by atoms with Crippen LogP contribution in [0.2, 0.25) is 0 Å². The van der Waals surface area contributed by atoms with Gasteiger partial charge in [-0.1, -0.05) is 6.07 Å². The smallest absolute Gasteiger partial charge is 0.124 e. The summed E-state index contributed by atoms with van der Waals surface area (Å²) in [6.07, 6.45) is 2.74. The van der Waals surface area contributed by atoms with E-state index in [1.807, 2.05) is 6.07 Å². The number of rotatable bonds is 4. The highest BCUT2D eigenvalue weighted by atomic mass is 127. The van der Waals surface area contributed by atoms with Crippen molar-refractivity contribution in [3.63, 3.8) is 0 Å². The molecule has 0 amide bonds. The van der Waals surface area contributed by atoms with Gasteiger partial charge in [-0.2, -0.15) is 0 Å². The van der Waals surface area contributed by atoms with Crippen LogP contribution in [0.4, 0.5) is 4.39 Å². The molecule has 0 heterocycles. The second kappa shape index (κ2) is 4.57. The number of nitrogens with one attached hydrogen (secondary N) is 1. The Morgan fingerprint density at radius 3 is 2.86 bits per heavy atom. The van der Waals surface area contributed by atoms with Crippen molar-refractivity contribution in [3.8, 4) is 0 Å². The minimum absolute atomic E-state index is 0.152. The molecule has 1 N–H and O–H groups in total. The third-order valence-electron chi connectivity index (χ3n) is 2.46. The van der Waals surface area contributed by atoms with E-state index < -0.39 is 0 Å². The van der Waals surface area contributed by atoms with E-state index in [4.69, 9.17) is 0 Å². The molecule has 0 saturated heterocycles. The van der Waals surface area contributed by atoms with Crippen LogP contribution in [0.1, 0.15) is 18.4 Å². The van der Waals surface area contributed by atoms with Gasteiger partial charge in [-0.3, -0.25) is 0 Å². The normalized spacial score (nSPS) is 15.9. The Labute approximate surface area is 97.2 Å². The van der Waals surface area contributed by atoms with Crippen molar-refractivity contribution in [2.45, 2.75) is 19.4 Å². The highest BCUT2D eigenvalue weighted by molar-refractivity contribution is 14.1. The van der Waals surface area contributed by atoms with Gasteiger partial charge in [0, 0.05) is 10.1 Å². The summed E-state index contributed by atoms with van der Waals surface area (Å²) in [5.41, 5.74) is 1.19. The number of benzene rings is 1. The monoisotopic (exact) mass is 305 g/mol. The van der Waals surface area contributed by atoms with Gasteiger partial charge in [-0.05, 0) is 65.6 Å². The second-order valence-corrected chi connectivity index (χ2v) is 4.97. The molecule has 76 valence electrons. The summed E-state index contributed by atoms with van der Waals surface area (Å²) in [5.74, 6) is 0.744. The van der Waals surface area contributed by atoms with Crippen LogP contribution >= 0.6 is 22.6 Å². The van der Waals surface area contributed by atoms with Crippen molar-refractivity contribution in [1.29, 1.82) is 0 Å². The first-order chi connectivity index (χ1) is 6.75. The van der Waals surface area contributed by atoms with Gasteiger partial charge in [0.25, 0.3) is 0 Å². The molecular weight excluding hydrogens is 292 g/mol. The van der Waals surface area contributed by atoms with Gasteiger partial charge in [0.1, 0.15) is 5.82 Å². The van der Waals surface area contributed by atoms with Crippen molar-refractivity contribution in [2.75, 3.05) is 6.54 Å². The number of halogens is 2. The lowest BCUT2D eigenvalue weighted by atomic mass is 10.2. The Kier molecular flexibility index (Phi) is 3.38. The summed E-state index contributed by atoms with van der Waals surface area (Å²) in [6, 6.07) is 4.96. The fourth-order valence-electron chi connectivity index (χ4n) is 1.40. The van der Waals surface area contributed by atoms with Crippen LogP contribution in [0.5, 0.6) is 0 Å². The molecule has 1 aromatic carbocycles. The first-order valence-corrected chi connectivity index (χ1v) is 5.98. The van der Waals surface area contributed by atoms with E-state index in [-0.39, 0.29) is 5.82 Å². The molecule has 3 heteroatoms. The van der Waals surface area contributed by atoms with Gasteiger partial charge < -0.3 is 5.32 Å². The van der Waals surface area contributed by atoms with Gasteiger partial charge in [-0.15, -0.1) is 0 Å². The molecule has 1 aliphatic rings. The van der Waals surface area contributed by atoms with Crippen molar-refractivity contribution in [1.82, 2.24) is 5.32 Å². The van der Waals surface area contributed by atoms with Gasteiger partial charge in [-0.25, -0.2) is 4.39 Å². The van der Waals surface area contributed by atoms with Crippen LogP contribution in [-0.4, -0.2) is 6.54 Å². The Hall–Kier alpha value is -0.160. The topological polar surface area (TPSA) is 12.0 Å². The van der Waals surface area contributed by atoms with Crippen LogP contribution in [0, 0.1) is 15.3 Å².